The summed E-state index contributed by atoms with van der Waals surface area (Å²) >= 11 is 4.44. The molecule has 25 heavy (non-hydrogen) atoms. The van der Waals surface area contributed by atoms with Gasteiger partial charge in [0.15, 0.2) is 0 Å². The molecule has 0 aliphatic rings. The zero-order valence-corrected chi connectivity index (χ0v) is 15.3. The summed E-state index contributed by atoms with van der Waals surface area (Å²) in [7, 11) is 0. The molecule has 3 heteroatoms. The normalized spacial score (nSPS) is 13.1. The Bertz CT molecular complexity index is 798. The molecule has 0 bridgehead atoms. The lowest BCUT2D eigenvalue weighted by molar-refractivity contribution is 0.226. The van der Waals surface area contributed by atoms with E-state index >= 15 is 0 Å². The maximum atomic E-state index is 6.04. The molecule has 0 N–H and O–H groups in total. The average Bonchev–Trinajstić information content (AvgIpc) is 2.63. The second-order valence-electron chi connectivity index (χ2n) is 5.99. The molecule has 0 amide bonds. The number of rotatable bonds is 6. The quantitative estimate of drug-likeness (QED) is 0.504. The Balaban J connectivity index is 1.69. The first-order valence-electron chi connectivity index (χ1n) is 8.39. The molecule has 0 heterocycles. The number of thiol groups is 1. The van der Waals surface area contributed by atoms with Crippen molar-refractivity contribution in [3.05, 3.63) is 90.0 Å². The molecule has 3 aromatic carbocycles. The van der Waals surface area contributed by atoms with Gasteiger partial charge in [0.05, 0.1) is 0 Å². The zero-order valence-electron chi connectivity index (χ0n) is 14.4. The monoisotopic (exact) mass is 350 g/mol. The third kappa shape index (κ3) is 4.80. The Morgan fingerprint density at radius 3 is 2.04 bits per heavy atom. The highest BCUT2D eigenvalue weighted by molar-refractivity contribution is 7.80. The van der Waals surface area contributed by atoms with Gasteiger partial charge in [-0.1, -0.05) is 48.5 Å². The topological polar surface area (TPSA) is 18.5 Å². The van der Waals surface area contributed by atoms with Crippen LogP contribution in [0.25, 0.3) is 0 Å². The largest absolute Gasteiger partial charge is 0.486 e. The highest BCUT2D eigenvalue weighted by atomic mass is 32.1. The predicted octanol–water partition coefficient (Wildman–Crippen LogP) is 6.61. The van der Waals surface area contributed by atoms with Gasteiger partial charge in [0.25, 0.3) is 0 Å². The van der Waals surface area contributed by atoms with E-state index in [0.29, 0.717) is 0 Å². The van der Waals surface area contributed by atoms with Crippen LogP contribution in [-0.4, -0.2) is 0 Å². The summed E-state index contributed by atoms with van der Waals surface area (Å²) in [4.78, 5) is 0. The Morgan fingerprint density at radius 2 is 1.36 bits per heavy atom. The molecule has 128 valence electrons. The van der Waals surface area contributed by atoms with Crippen molar-refractivity contribution in [1.82, 2.24) is 0 Å². The van der Waals surface area contributed by atoms with Crippen LogP contribution in [-0.2, 0) is 0 Å². The van der Waals surface area contributed by atoms with Gasteiger partial charge in [0.2, 0.25) is 0 Å². The van der Waals surface area contributed by atoms with E-state index in [4.69, 9.17) is 9.47 Å². The number of ether oxygens (including phenoxy) is 2. The van der Waals surface area contributed by atoms with Gasteiger partial charge in [-0.3, -0.25) is 0 Å². The molecule has 0 saturated heterocycles. The summed E-state index contributed by atoms with van der Waals surface area (Å²) in [5.41, 5.74) is 2.31. The van der Waals surface area contributed by atoms with E-state index in [1.807, 2.05) is 80.6 Å². The van der Waals surface area contributed by atoms with E-state index in [1.165, 1.54) is 5.56 Å². The van der Waals surface area contributed by atoms with Crippen molar-refractivity contribution in [1.29, 1.82) is 0 Å². The highest BCUT2D eigenvalue weighted by Crippen LogP contribution is 2.29. The molecular weight excluding hydrogens is 328 g/mol. The second-order valence-corrected chi connectivity index (χ2v) is 6.77. The molecule has 0 fully saturated rings. The molecule has 0 spiro atoms. The summed E-state index contributed by atoms with van der Waals surface area (Å²) < 4.78 is 12.0. The molecule has 0 aliphatic heterocycles. The van der Waals surface area contributed by atoms with Crippen LogP contribution in [0.15, 0.2) is 78.9 Å². The Hall–Kier alpha value is -2.39. The first-order chi connectivity index (χ1) is 12.1. The Labute approximate surface area is 154 Å². The van der Waals surface area contributed by atoms with Crippen molar-refractivity contribution in [3.63, 3.8) is 0 Å². The van der Waals surface area contributed by atoms with Gasteiger partial charge in [-0.15, -0.1) is 0 Å². The number of hydrogen-bond donors (Lipinski definition) is 1. The average molecular weight is 350 g/mol. The number of benzene rings is 3. The molecule has 2 nitrogen and oxygen atoms in total. The minimum Gasteiger partial charge on any atom is -0.486 e. The van der Waals surface area contributed by atoms with Crippen LogP contribution in [0, 0.1) is 0 Å². The first kappa shape index (κ1) is 17.4. The maximum absolute atomic E-state index is 6.04. The second kappa shape index (κ2) is 8.13. The molecule has 0 radical (unpaired) electrons. The van der Waals surface area contributed by atoms with Gasteiger partial charge in [0.1, 0.15) is 23.4 Å². The standard InChI is InChI=1S/C22H22O2S/c1-16(18-7-4-3-5-8-18)23-21-9-6-10-22(15-21)24-20-13-11-19(12-14-20)17(2)25/h3-17,25H,1-2H3/t16-,17?/m1/s1. The third-order valence-corrected chi connectivity index (χ3v) is 4.28. The smallest absolute Gasteiger partial charge is 0.131 e. The van der Waals surface area contributed by atoms with Crippen LogP contribution in [0.3, 0.4) is 0 Å². The van der Waals surface area contributed by atoms with Gasteiger partial charge in [0, 0.05) is 11.3 Å². The molecule has 0 saturated carbocycles. The van der Waals surface area contributed by atoms with Crippen molar-refractivity contribution in [2.75, 3.05) is 0 Å². The lowest BCUT2D eigenvalue weighted by atomic mass is 10.1. The van der Waals surface area contributed by atoms with Crippen molar-refractivity contribution in [3.8, 4) is 17.2 Å². The van der Waals surface area contributed by atoms with Gasteiger partial charge in [-0.25, -0.2) is 0 Å². The van der Waals surface area contributed by atoms with E-state index in [2.05, 4.69) is 24.8 Å². The summed E-state index contributed by atoms with van der Waals surface area (Å²) in [6, 6.07) is 25.9. The van der Waals surface area contributed by atoms with E-state index in [-0.39, 0.29) is 11.4 Å². The fourth-order valence-corrected chi connectivity index (χ4v) is 2.73. The maximum Gasteiger partial charge on any atom is 0.131 e. The van der Waals surface area contributed by atoms with Crippen LogP contribution in [0.1, 0.15) is 36.3 Å². The molecule has 2 atom stereocenters. The van der Waals surface area contributed by atoms with Crippen LogP contribution in [0.5, 0.6) is 17.2 Å². The third-order valence-electron chi connectivity index (χ3n) is 3.99. The zero-order chi connectivity index (χ0) is 17.6. The Morgan fingerprint density at radius 1 is 0.680 bits per heavy atom. The molecule has 3 aromatic rings. The van der Waals surface area contributed by atoms with Gasteiger partial charge in [-0.2, -0.15) is 12.6 Å². The summed E-state index contributed by atoms with van der Waals surface area (Å²) in [5.74, 6) is 2.34. The van der Waals surface area contributed by atoms with Gasteiger partial charge in [-0.05, 0) is 49.2 Å². The fraction of sp³-hybridized carbons (Fsp3) is 0.182. The van der Waals surface area contributed by atoms with E-state index in [1.54, 1.807) is 0 Å². The SMILES string of the molecule is CC(S)c1ccc(Oc2cccc(O[C@H](C)c3ccccc3)c2)cc1. The van der Waals surface area contributed by atoms with Gasteiger partial charge < -0.3 is 9.47 Å². The van der Waals surface area contributed by atoms with Crippen LogP contribution >= 0.6 is 12.6 Å². The van der Waals surface area contributed by atoms with Crippen molar-refractivity contribution >= 4 is 12.6 Å². The van der Waals surface area contributed by atoms with Crippen molar-refractivity contribution in [2.24, 2.45) is 0 Å². The molecular formula is C22H22O2S. The molecule has 3 rings (SSSR count). The minimum atomic E-state index is -0.0207. The first-order valence-corrected chi connectivity index (χ1v) is 8.91. The summed E-state index contributed by atoms with van der Waals surface area (Å²) in [6.45, 7) is 4.09. The van der Waals surface area contributed by atoms with Crippen LogP contribution < -0.4 is 9.47 Å². The molecule has 1 unspecified atom stereocenters. The van der Waals surface area contributed by atoms with Crippen LogP contribution in [0.4, 0.5) is 0 Å². The fourth-order valence-electron chi connectivity index (χ4n) is 2.56. The van der Waals surface area contributed by atoms with E-state index in [0.717, 1.165) is 22.8 Å². The highest BCUT2D eigenvalue weighted by Gasteiger charge is 2.08. The molecule has 0 aromatic heterocycles. The summed E-state index contributed by atoms with van der Waals surface area (Å²) in [5, 5.41) is 0.213. The summed E-state index contributed by atoms with van der Waals surface area (Å²) in [6.07, 6.45) is -0.0207. The lowest BCUT2D eigenvalue weighted by Gasteiger charge is -2.16. The minimum absolute atomic E-state index is 0.0207. The van der Waals surface area contributed by atoms with Crippen molar-refractivity contribution in [2.45, 2.75) is 25.2 Å². The van der Waals surface area contributed by atoms with Crippen LogP contribution in [0.2, 0.25) is 0 Å². The van der Waals surface area contributed by atoms with E-state index in [9.17, 15) is 0 Å². The van der Waals surface area contributed by atoms with Crippen molar-refractivity contribution < 1.29 is 9.47 Å². The molecule has 0 aliphatic carbocycles. The van der Waals surface area contributed by atoms with E-state index < -0.39 is 0 Å². The predicted molar refractivity (Wildman–Crippen MR) is 106 cm³/mol. The lowest BCUT2D eigenvalue weighted by Crippen LogP contribution is -2.02. The van der Waals surface area contributed by atoms with Gasteiger partial charge >= 0.3 is 0 Å². The Kier molecular flexibility index (Phi) is 5.67. The number of hydrogen-bond acceptors (Lipinski definition) is 3.